The number of rotatable bonds is 0. The van der Waals surface area contributed by atoms with Gasteiger partial charge in [0.05, 0.1) is 11.2 Å². The SMILES string of the molecule is Cc1c(F)c(C(F)(F)F)nn1C(C)(C)C. The highest BCUT2D eigenvalue weighted by Gasteiger charge is 2.40. The van der Waals surface area contributed by atoms with E-state index in [9.17, 15) is 17.6 Å². The van der Waals surface area contributed by atoms with Crippen LogP contribution in [-0.2, 0) is 11.7 Å². The smallest absolute Gasteiger partial charge is 0.261 e. The molecule has 86 valence electrons. The molecule has 0 N–H and O–H groups in total. The Kier molecular flexibility index (Phi) is 2.57. The van der Waals surface area contributed by atoms with Crippen molar-refractivity contribution in [2.24, 2.45) is 0 Å². The van der Waals surface area contributed by atoms with Crippen molar-refractivity contribution in [3.63, 3.8) is 0 Å². The third-order valence-electron chi connectivity index (χ3n) is 1.95. The Morgan fingerprint density at radius 1 is 1.13 bits per heavy atom. The van der Waals surface area contributed by atoms with Gasteiger partial charge in [0.25, 0.3) is 0 Å². The molecule has 0 aliphatic carbocycles. The second-order valence-corrected chi connectivity index (χ2v) is 4.33. The van der Waals surface area contributed by atoms with Crippen molar-refractivity contribution in [3.05, 3.63) is 17.2 Å². The van der Waals surface area contributed by atoms with Crippen LogP contribution in [0.4, 0.5) is 17.6 Å². The standard InChI is InChI=1S/C9H12F4N2/c1-5-6(10)7(9(11,12)13)14-15(5)8(2,3)4/h1-4H3. The lowest BCUT2D eigenvalue weighted by Gasteiger charge is -2.20. The second kappa shape index (κ2) is 3.21. The van der Waals surface area contributed by atoms with Crippen molar-refractivity contribution >= 4 is 0 Å². The second-order valence-electron chi connectivity index (χ2n) is 4.33. The monoisotopic (exact) mass is 224 g/mol. The summed E-state index contributed by atoms with van der Waals surface area (Å²) >= 11 is 0. The molecular weight excluding hydrogens is 212 g/mol. The molecule has 1 heterocycles. The van der Waals surface area contributed by atoms with Crippen LogP contribution in [0.2, 0.25) is 0 Å². The van der Waals surface area contributed by atoms with Gasteiger partial charge in [-0.1, -0.05) is 0 Å². The van der Waals surface area contributed by atoms with E-state index in [1.807, 2.05) is 0 Å². The highest BCUT2D eigenvalue weighted by molar-refractivity contribution is 5.16. The Balaban J connectivity index is 3.38. The van der Waals surface area contributed by atoms with Crippen LogP contribution >= 0.6 is 0 Å². The van der Waals surface area contributed by atoms with E-state index in [2.05, 4.69) is 5.10 Å². The predicted molar refractivity (Wildman–Crippen MR) is 46.9 cm³/mol. The Labute approximate surface area is 84.9 Å². The van der Waals surface area contributed by atoms with Gasteiger partial charge in [-0.15, -0.1) is 0 Å². The molecule has 6 heteroatoms. The first-order valence-corrected chi connectivity index (χ1v) is 4.38. The van der Waals surface area contributed by atoms with Crippen LogP contribution in [0.5, 0.6) is 0 Å². The fourth-order valence-corrected chi connectivity index (χ4v) is 1.32. The minimum absolute atomic E-state index is 0.102. The zero-order valence-electron chi connectivity index (χ0n) is 8.91. The van der Waals surface area contributed by atoms with E-state index in [-0.39, 0.29) is 5.69 Å². The summed E-state index contributed by atoms with van der Waals surface area (Å²) < 4.78 is 51.2. The van der Waals surface area contributed by atoms with E-state index in [4.69, 9.17) is 0 Å². The largest absolute Gasteiger partial charge is 0.438 e. The minimum Gasteiger partial charge on any atom is -0.261 e. The molecule has 0 aromatic carbocycles. The van der Waals surface area contributed by atoms with Gasteiger partial charge in [0.15, 0.2) is 5.82 Å². The Bertz CT molecular complexity index is 336. The molecule has 0 unspecified atom stereocenters. The molecular formula is C9H12F4N2. The third-order valence-corrected chi connectivity index (χ3v) is 1.95. The third kappa shape index (κ3) is 2.13. The summed E-state index contributed by atoms with van der Waals surface area (Å²) in [6.45, 7) is 6.26. The zero-order chi connectivity index (χ0) is 12.0. The van der Waals surface area contributed by atoms with Crippen LogP contribution in [0.1, 0.15) is 32.2 Å². The molecule has 0 aliphatic heterocycles. The molecule has 0 atom stereocenters. The van der Waals surface area contributed by atoms with E-state index >= 15 is 0 Å². The Hall–Kier alpha value is -1.07. The number of hydrogen-bond donors (Lipinski definition) is 0. The first-order chi connectivity index (χ1) is 6.55. The predicted octanol–water partition coefficient (Wildman–Crippen LogP) is 3.10. The van der Waals surface area contributed by atoms with Gasteiger partial charge in [-0.05, 0) is 27.7 Å². The number of hydrogen-bond acceptors (Lipinski definition) is 1. The van der Waals surface area contributed by atoms with Crippen molar-refractivity contribution < 1.29 is 17.6 Å². The average Bonchev–Trinajstić information content (AvgIpc) is 2.26. The van der Waals surface area contributed by atoms with E-state index < -0.39 is 23.2 Å². The van der Waals surface area contributed by atoms with E-state index in [0.717, 1.165) is 4.68 Å². The molecule has 0 saturated heterocycles. The summed E-state index contributed by atoms with van der Waals surface area (Å²) in [7, 11) is 0. The maximum Gasteiger partial charge on any atom is 0.438 e. The van der Waals surface area contributed by atoms with Crippen molar-refractivity contribution in [1.82, 2.24) is 9.78 Å². The number of nitrogens with zero attached hydrogens (tertiary/aromatic N) is 2. The van der Waals surface area contributed by atoms with Gasteiger partial charge >= 0.3 is 6.18 Å². The molecule has 0 radical (unpaired) electrons. The molecule has 0 amide bonds. The minimum atomic E-state index is -4.74. The topological polar surface area (TPSA) is 17.8 Å². The summed E-state index contributed by atoms with van der Waals surface area (Å²) in [5.41, 5.74) is -2.22. The van der Waals surface area contributed by atoms with Crippen molar-refractivity contribution in [3.8, 4) is 0 Å². The molecule has 0 spiro atoms. The summed E-state index contributed by atoms with van der Waals surface area (Å²) in [5, 5.41) is 3.27. The van der Waals surface area contributed by atoms with Crippen LogP contribution in [0.3, 0.4) is 0 Å². The number of aromatic nitrogens is 2. The summed E-state index contributed by atoms with van der Waals surface area (Å²) in [5.74, 6) is -1.29. The molecule has 0 fully saturated rings. The van der Waals surface area contributed by atoms with Crippen LogP contribution in [0, 0.1) is 12.7 Å². The summed E-state index contributed by atoms with van der Waals surface area (Å²) in [4.78, 5) is 0. The molecule has 1 aromatic rings. The van der Waals surface area contributed by atoms with E-state index in [1.165, 1.54) is 6.92 Å². The van der Waals surface area contributed by atoms with Crippen molar-refractivity contribution in [2.45, 2.75) is 39.4 Å². The lowest BCUT2D eigenvalue weighted by atomic mass is 10.1. The molecule has 0 bridgehead atoms. The first-order valence-electron chi connectivity index (χ1n) is 4.38. The van der Waals surface area contributed by atoms with Gasteiger partial charge in [-0.25, -0.2) is 4.39 Å². The highest BCUT2D eigenvalue weighted by atomic mass is 19.4. The lowest BCUT2D eigenvalue weighted by molar-refractivity contribution is -0.144. The molecule has 0 aliphatic rings. The van der Waals surface area contributed by atoms with Crippen molar-refractivity contribution in [2.75, 3.05) is 0 Å². The van der Waals surface area contributed by atoms with Gasteiger partial charge in [0, 0.05) is 0 Å². The Morgan fingerprint density at radius 2 is 1.60 bits per heavy atom. The number of alkyl halides is 3. The van der Waals surface area contributed by atoms with Gasteiger partial charge in [-0.3, -0.25) is 4.68 Å². The van der Waals surface area contributed by atoms with E-state index in [1.54, 1.807) is 20.8 Å². The molecule has 15 heavy (non-hydrogen) atoms. The zero-order valence-corrected chi connectivity index (χ0v) is 8.91. The molecule has 0 saturated carbocycles. The maximum atomic E-state index is 13.2. The van der Waals surface area contributed by atoms with Crippen LogP contribution in [-0.4, -0.2) is 9.78 Å². The fourth-order valence-electron chi connectivity index (χ4n) is 1.32. The maximum absolute atomic E-state index is 13.2. The van der Waals surface area contributed by atoms with Crippen LogP contribution in [0.25, 0.3) is 0 Å². The van der Waals surface area contributed by atoms with Crippen LogP contribution in [0.15, 0.2) is 0 Å². The Morgan fingerprint density at radius 3 is 1.80 bits per heavy atom. The van der Waals surface area contributed by atoms with E-state index in [0.29, 0.717) is 0 Å². The number of halogens is 4. The van der Waals surface area contributed by atoms with Gasteiger partial charge < -0.3 is 0 Å². The average molecular weight is 224 g/mol. The molecule has 1 aromatic heterocycles. The lowest BCUT2D eigenvalue weighted by Crippen LogP contribution is -2.25. The molecule has 1 rings (SSSR count). The molecule has 2 nitrogen and oxygen atoms in total. The van der Waals surface area contributed by atoms with Gasteiger partial charge in [-0.2, -0.15) is 18.3 Å². The van der Waals surface area contributed by atoms with Gasteiger partial charge in [0.1, 0.15) is 0 Å². The fraction of sp³-hybridized carbons (Fsp3) is 0.667. The van der Waals surface area contributed by atoms with Gasteiger partial charge in [0.2, 0.25) is 5.69 Å². The summed E-state index contributed by atoms with van der Waals surface area (Å²) in [6, 6.07) is 0. The first kappa shape index (κ1) is 12.0. The quantitative estimate of drug-likeness (QED) is 0.619. The van der Waals surface area contributed by atoms with Crippen LogP contribution < -0.4 is 0 Å². The summed E-state index contributed by atoms with van der Waals surface area (Å²) in [6.07, 6.45) is -4.74. The normalized spacial score (nSPS) is 13.3. The highest BCUT2D eigenvalue weighted by Crippen LogP contribution is 2.32. The van der Waals surface area contributed by atoms with Crippen molar-refractivity contribution in [1.29, 1.82) is 0 Å².